The van der Waals surface area contributed by atoms with Crippen molar-refractivity contribution < 1.29 is 20.1 Å². The zero-order valence-electron chi connectivity index (χ0n) is 13.5. The number of imidazole rings is 1. The molecule has 0 aliphatic carbocycles. The molecule has 0 bridgehead atoms. The SMILES string of the molecule is CC(C)C(=O)Nc1nc(Cl)c2ncn([C@@H]3S[C@H](CO)C(O)C3O)c2n1. The van der Waals surface area contributed by atoms with Crippen molar-refractivity contribution in [1.82, 2.24) is 19.5 Å². The van der Waals surface area contributed by atoms with E-state index in [-0.39, 0.29) is 29.5 Å². The lowest BCUT2D eigenvalue weighted by Crippen LogP contribution is -2.32. The normalized spacial score (nSPS) is 26.5. The van der Waals surface area contributed by atoms with Crippen LogP contribution >= 0.6 is 23.4 Å². The van der Waals surface area contributed by atoms with Gasteiger partial charge in [-0.25, -0.2) is 4.98 Å². The van der Waals surface area contributed by atoms with Crippen LogP contribution < -0.4 is 5.32 Å². The molecular formula is C14H18ClN5O4S. The first-order valence-electron chi connectivity index (χ1n) is 7.66. The first-order chi connectivity index (χ1) is 11.8. The van der Waals surface area contributed by atoms with Crippen LogP contribution in [0.15, 0.2) is 6.33 Å². The first kappa shape index (κ1) is 18.3. The number of carbonyl (C=O) groups excluding carboxylic acids is 1. The molecule has 4 N–H and O–H groups in total. The summed E-state index contributed by atoms with van der Waals surface area (Å²) in [7, 11) is 0. The molecule has 2 aromatic heterocycles. The lowest BCUT2D eigenvalue weighted by atomic mass is 10.1. The van der Waals surface area contributed by atoms with E-state index >= 15 is 0 Å². The maximum Gasteiger partial charge on any atom is 0.232 e. The van der Waals surface area contributed by atoms with Gasteiger partial charge in [-0.3, -0.25) is 14.7 Å². The number of aliphatic hydroxyl groups excluding tert-OH is 3. The van der Waals surface area contributed by atoms with E-state index in [4.69, 9.17) is 11.6 Å². The van der Waals surface area contributed by atoms with Crippen LogP contribution in [0.3, 0.4) is 0 Å². The van der Waals surface area contributed by atoms with Crippen molar-refractivity contribution in [3.8, 4) is 0 Å². The van der Waals surface area contributed by atoms with Crippen molar-refractivity contribution in [1.29, 1.82) is 0 Å². The number of aromatic nitrogens is 4. The second-order valence-electron chi connectivity index (χ2n) is 6.03. The Bertz CT molecular complexity index is 801. The van der Waals surface area contributed by atoms with Crippen molar-refractivity contribution in [3.05, 3.63) is 11.5 Å². The molecule has 1 aliphatic heterocycles. The van der Waals surface area contributed by atoms with Crippen molar-refractivity contribution in [2.45, 2.75) is 36.7 Å². The third-order valence-corrected chi connectivity index (χ3v) is 5.76. The third kappa shape index (κ3) is 3.32. The van der Waals surface area contributed by atoms with Gasteiger partial charge in [-0.1, -0.05) is 25.4 Å². The van der Waals surface area contributed by atoms with Gasteiger partial charge >= 0.3 is 0 Å². The molecule has 136 valence electrons. The van der Waals surface area contributed by atoms with Gasteiger partial charge in [0.25, 0.3) is 0 Å². The molecule has 1 amide bonds. The summed E-state index contributed by atoms with van der Waals surface area (Å²) < 4.78 is 1.56. The Labute approximate surface area is 152 Å². The molecule has 3 heterocycles. The lowest BCUT2D eigenvalue weighted by molar-refractivity contribution is -0.118. The van der Waals surface area contributed by atoms with Gasteiger partial charge in [0.1, 0.15) is 17.0 Å². The van der Waals surface area contributed by atoms with Crippen LogP contribution in [0.1, 0.15) is 19.2 Å². The fourth-order valence-electron chi connectivity index (χ4n) is 2.49. The summed E-state index contributed by atoms with van der Waals surface area (Å²) in [6.45, 7) is 3.21. The summed E-state index contributed by atoms with van der Waals surface area (Å²) in [5, 5.41) is 31.1. The highest BCUT2D eigenvalue weighted by molar-refractivity contribution is 8.00. The van der Waals surface area contributed by atoms with E-state index < -0.39 is 22.8 Å². The van der Waals surface area contributed by atoms with Crippen molar-refractivity contribution in [2.24, 2.45) is 5.92 Å². The number of hydrogen-bond donors (Lipinski definition) is 4. The number of nitrogens with one attached hydrogen (secondary N) is 1. The van der Waals surface area contributed by atoms with Gasteiger partial charge in [-0.05, 0) is 0 Å². The molecule has 0 saturated carbocycles. The van der Waals surface area contributed by atoms with E-state index in [0.29, 0.717) is 11.2 Å². The van der Waals surface area contributed by atoms with Crippen LogP contribution in [-0.2, 0) is 4.79 Å². The highest BCUT2D eigenvalue weighted by atomic mass is 35.5. The molecule has 3 rings (SSSR count). The Morgan fingerprint density at radius 2 is 2.12 bits per heavy atom. The molecule has 11 heteroatoms. The Balaban J connectivity index is 2.00. The largest absolute Gasteiger partial charge is 0.395 e. The summed E-state index contributed by atoms with van der Waals surface area (Å²) in [4.78, 5) is 24.3. The monoisotopic (exact) mass is 387 g/mol. The second-order valence-corrected chi connectivity index (χ2v) is 7.75. The lowest BCUT2D eigenvalue weighted by Gasteiger charge is -2.17. The van der Waals surface area contributed by atoms with Crippen molar-refractivity contribution in [2.75, 3.05) is 11.9 Å². The molecule has 4 atom stereocenters. The van der Waals surface area contributed by atoms with Crippen LogP contribution in [0.4, 0.5) is 5.95 Å². The molecule has 1 aliphatic rings. The quantitative estimate of drug-likeness (QED) is 0.554. The molecule has 0 spiro atoms. The fourth-order valence-corrected chi connectivity index (χ4v) is 4.08. The fraction of sp³-hybridized carbons (Fsp3) is 0.571. The number of hydrogen-bond acceptors (Lipinski definition) is 8. The highest BCUT2D eigenvalue weighted by Crippen LogP contribution is 2.43. The molecule has 2 unspecified atom stereocenters. The Morgan fingerprint density at radius 1 is 1.40 bits per heavy atom. The number of nitrogens with zero attached hydrogens (tertiary/aromatic N) is 4. The number of carbonyl (C=O) groups is 1. The maximum absolute atomic E-state index is 11.9. The highest BCUT2D eigenvalue weighted by Gasteiger charge is 2.43. The van der Waals surface area contributed by atoms with Gasteiger partial charge in [-0.2, -0.15) is 9.97 Å². The summed E-state index contributed by atoms with van der Waals surface area (Å²) in [6.07, 6.45) is -0.746. The number of amides is 1. The molecule has 25 heavy (non-hydrogen) atoms. The minimum atomic E-state index is -1.11. The Hall–Kier alpha value is -1.46. The third-order valence-electron chi connectivity index (χ3n) is 3.93. The molecule has 0 radical (unpaired) electrons. The van der Waals surface area contributed by atoms with Crippen LogP contribution in [0.5, 0.6) is 0 Å². The van der Waals surface area contributed by atoms with Crippen molar-refractivity contribution in [3.63, 3.8) is 0 Å². The number of thioether (sulfide) groups is 1. The Kier molecular flexibility index (Phi) is 5.16. The van der Waals surface area contributed by atoms with Crippen LogP contribution in [0.2, 0.25) is 5.15 Å². The van der Waals surface area contributed by atoms with Gasteiger partial charge in [0.15, 0.2) is 10.8 Å². The zero-order valence-corrected chi connectivity index (χ0v) is 15.1. The van der Waals surface area contributed by atoms with Gasteiger partial charge in [-0.15, -0.1) is 11.8 Å². The smallest absolute Gasteiger partial charge is 0.232 e. The van der Waals surface area contributed by atoms with Gasteiger partial charge in [0.05, 0.1) is 24.3 Å². The molecule has 1 saturated heterocycles. The van der Waals surface area contributed by atoms with E-state index in [1.54, 1.807) is 18.4 Å². The predicted molar refractivity (Wildman–Crippen MR) is 93.3 cm³/mol. The minimum absolute atomic E-state index is 0.0368. The predicted octanol–water partition coefficient (Wildman–Crippen LogP) is 0.402. The first-order valence-corrected chi connectivity index (χ1v) is 8.99. The van der Waals surface area contributed by atoms with E-state index in [9.17, 15) is 20.1 Å². The standard InChI is InChI=1S/C14H18ClN5O4S/c1-5(2)12(24)19-14-17-10(15)7-11(18-14)20(4-16-7)13-9(23)8(22)6(3-21)25-13/h4-6,8-9,13,21-23H,3H2,1-2H3,(H,17,18,19,24)/t6-,8?,9?,13-/m1/s1. The number of anilines is 1. The maximum atomic E-state index is 11.9. The van der Waals surface area contributed by atoms with E-state index in [2.05, 4.69) is 20.3 Å². The van der Waals surface area contributed by atoms with Crippen molar-refractivity contribution >= 4 is 46.4 Å². The minimum Gasteiger partial charge on any atom is -0.395 e. The molecule has 2 aromatic rings. The number of rotatable bonds is 4. The summed E-state index contributed by atoms with van der Waals surface area (Å²) >= 11 is 7.34. The van der Waals surface area contributed by atoms with Gasteiger partial charge < -0.3 is 15.3 Å². The van der Waals surface area contributed by atoms with E-state index in [1.807, 2.05) is 0 Å². The topological polar surface area (TPSA) is 133 Å². The van der Waals surface area contributed by atoms with Crippen LogP contribution in [0.25, 0.3) is 11.2 Å². The molecule has 1 fully saturated rings. The molecular weight excluding hydrogens is 370 g/mol. The van der Waals surface area contributed by atoms with E-state index in [0.717, 1.165) is 0 Å². The number of halogens is 1. The number of aliphatic hydroxyl groups is 3. The average molecular weight is 388 g/mol. The summed E-state index contributed by atoms with van der Waals surface area (Å²) in [6, 6.07) is 0. The van der Waals surface area contributed by atoms with E-state index in [1.165, 1.54) is 18.1 Å². The average Bonchev–Trinajstić information content (AvgIpc) is 3.10. The summed E-state index contributed by atoms with van der Waals surface area (Å²) in [5.74, 6) is -0.474. The van der Waals surface area contributed by atoms with Gasteiger partial charge in [0.2, 0.25) is 11.9 Å². The van der Waals surface area contributed by atoms with Crippen LogP contribution in [-0.4, -0.2) is 64.8 Å². The zero-order chi connectivity index (χ0) is 18.3. The van der Waals surface area contributed by atoms with Gasteiger partial charge in [0, 0.05) is 5.92 Å². The number of fused-ring (bicyclic) bond motifs is 1. The van der Waals surface area contributed by atoms with Crippen LogP contribution in [0, 0.1) is 5.92 Å². The molecule has 0 aromatic carbocycles. The summed E-state index contributed by atoms with van der Waals surface area (Å²) in [5.41, 5.74) is 0.639. The molecule has 9 nitrogen and oxygen atoms in total. The second kappa shape index (κ2) is 7.04. The Morgan fingerprint density at radius 3 is 2.72 bits per heavy atom.